The van der Waals surface area contributed by atoms with E-state index >= 15 is 0 Å². The van der Waals surface area contributed by atoms with Crippen molar-refractivity contribution in [3.8, 4) is 0 Å². The van der Waals surface area contributed by atoms with Crippen LogP contribution in [0, 0.1) is 5.41 Å². The van der Waals surface area contributed by atoms with Gasteiger partial charge in [0.15, 0.2) is 0 Å². The van der Waals surface area contributed by atoms with Crippen LogP contribution in [0.5, 0.6) is 0 Å². The molecule has 0 aliphatic heterocycles. The van der Waals surface area contributed by atoms with E-state index in [0.717, 1.165) is 0 Å². The zero-order valence-corrected chi connectivity index (χ0v) is 10.8. The molecule has 0 spiro atoms. The predicted octanol–water partition coefficient (Wildman–Crippen LogP) is 4.13. The van der Waals surface area contributed by atoms with Gasteiger partial charge >= 0.3 is 0 Å². The first-order valence-electron chi connectivity index (χ1n) is 6.97. The van der Waals surface area contributed by atoms with Crippen LogP contribution in [0.2, 0.25) is 0 Å². The summed E-state index contributed by atoms with van der Waals surface area (Å²) >= 11 is 0. The summed E-state index contributed by atoms with van der Waals surface area (Å²) in [7, 11) is 0. The van der Waals surface area contributed by atoms with Crippen LogP contribution in [0.25, 0.3) is 0 Å². The van der Waals surface area contributed by atoms with Gasteiger partial charge in [-0.25, -0.2) is 0 Å². The van der Waals surface area contributed by atoms with Gasteiger partial charge in [0, 0.05) is 6.54 Å². The molecule has 1 aliphatic carbocycles. The van der Waals surface area contributed by atoms with E-state index in [-0.39, 0.29) is 0 Å². The van der Waals surface area contributed by atoms with Gasteiger partial charge in [-0.15, -0.1) is 0 Å². The molecule has 0 aromatic rings. The van der Waals surface area contributed by atoms with Crippen molar-refractivity contribution in [3.05, 3.63) is 0 Å². The Morgan fingerprint density at radius 1 is 1.00 bits per heavy atom. The van der Waals surface area contributed by atoms with Crippen molar-refractivity contribution < 1.29 is 0 Å². The minimum absolute atomic E-state index is 0.614. The van der Waals surface area contributed by atoms with Crippen LogP contribution in [0.4, 0.5) is 0 Å². The van der Waals surface area contributed by atoms with Crippen LogP contribution in [-0.4, -0.2) is 13.1 Å². The summed E-state index contributed by atoms with van der Waals surface area (Å²) in [6.45, 7) is 7.22. The van der Waals surface area contributed by atoms with Gasteiger partial charge in [0.2, 0.25) is 0 Å². The normalized spacial score (nSPS) is 20.4. The molecule has 90 valence electrons. The molecule has 0 amide bonds. The quantitative estimate of drug-likeness (QED) is 0.624. The zero-order valence-electron chi connectivity index (χ0n) is 10.8. The zero-order chi connectivity index (χ0) is 11.0. The van der Waals surface area contributed by atoms with Crippen LogP contribution in [0.1, 0.15) is 71.6 Å². The average Bonchev–Trinajstić information content (AvgIpc) is 2.24. The molecule has 0 atom stereocenters. The van der Waals surface area contributed by atoms with Gasteiger partial charge < -0.3 is 5.32 Å². The van der Waals surface area contributed by atoms with E-state index in [2.05, 4.69) is 19.2 Å². The number of hydrogen-bond donors (Lipinski definition) is 1. The molecule has 0 aromatic carbocycles. The summed E-state index contributed by atoms with van der Waals surface area (Å²) in [6, 6.07) is 0. The summed E-state index contributed by atoms with van der Waals surface area (Å²) < 4.78 is 0. The molecule has 1 fully saturated rings. The van der Waals surface area contributed by atoms with Crippen LogP contribution in [-0.2, 0) is 0 Å². The Morgan fingerprint density at radius 2 is 1.73 bits per heavy atom. The Labute approximate surface area is 96.0 Å². The van der Waals surface area contributed by atoms with Crippen molar-refractivity contribution in [2.45, 2.75) is 71.6 Å². The number of unbranched alkanes of at least 4 members (excludes halogenated alkanes) is 3. The molecule has 0 unspecified atom stereocenters. The molecule has 0 heterocycles. The van der Waals surface area contributed by atoms with Crippen molar-refractivity contribution in [2.75, 3.05) is 13.1 Å². The predicted molar refractivity (Wildman–Crippen MR) is 68.2 cm³/mol. The lowest BCUT2D eigenvalue weighted by molar-refractivity contribution is 0.208. The Bertz CT molecular complexity index is 147. The molecule has 1 aliphatic rings. The molecule has 0 saturated heterocycles. The molecular formula is C14H29N. The van der Waals surface area contributed by atoms with E-state index in [9.17, 15) is 0 Å². The molecule has 0 radical (unpaired) electrons. The Kier molecular flexibility index (Phi) is 6.31. The third-order valence-electron chi connectivity index (χ3n) is 3.82. The summed E-state index contributed by atoms with van der Waals surface area (Å²) in [5.41, 5.74) is 0.614. The molecule has 0 bridgehead atoms. The van der Waals surface area contributed by atoms with E-state index in [0.29, 0.717) is 5.41 Å². The van der Waals surface area contributed by atoms with E-state index in [1.807, 2.05) is 0 Å². The highest BCUT2D eigenvalue weighted by atomic mass is 14.9. The third kappa shape index (κ3) is 5.55. The molecule has 1 N–H and O–H groups in total. The molecule has 1 saturated carbocycles. The van der Waals surface area contributed by atoms with Gasteiger partial charge in [0.05, 0.1) is 0 Å². The highest BCUT2D eigenvalue weighted by Crippen LogP contribution is 2.34. The van der Waals surface area contributed by atoms with E-state index in [1.165, 1.54) is 70.9 Å². The van der Waals surface area contributed by atoms with Crippen molar-refractivity contribution in [1.82, 2.24) is 5.32 Å². The fourth-order valence-electron chi connectivity index (χ4n) is 2.65. The first kappa shape index (κ1) is 13.0. The van der Waals surface area contributed by atoms with E-state index in [1.54, 1.807) is 0 Å². The number of hydrogen-bond acceptors (Lipinski definition) is 1. The summed E-state index contributed by atoms with van der Waals surface area (Å²) in [6.07, 6.45) is 12.8. The first-order chi connectivity index (χ1) is 7.27. The van der Waals surface area contributed by atoms with Crippen LogP contribution in [0.3, 0.4) is 0 Å². The van der Waals surface area contributed by atoms with E-state index in [4.69, 9.17) is 0 Å². The topological polar surface area (TPSA) is 12.0 Å². The summed E-state index contributed by atoms with van der Waals surface area (Å²) in [5, 5.41) is 3.65. The second kappa shape index (κ2) is 7.27. The van der Waals surface area contributed by atoms with Gasteiger partial charge in [0.1, 0.15) is 0 Å². The second-order valence-corrected chi connectivity index (χ2v) is 5.61. The Hall–Kier alpha value is -0.0400. The maximum atomic E-state index is 3.65. The van der Waals surface area contributed by atoms with E-state index < -0.39 is 0 Å². The highest BCUT2D eigenvalue weighted by molar-refractivity contribution is 4.80. The second-order valence-electron chi connectivity index (χ2n) is 5.61. The van der Waals surface area contributed by atoms with Gasteiger partial charge in [0.25, 0.3) is 0 Å². The van der Waals surface area contributed by atoms with Crippen LogP contribution in [0.15, 0.2) is 0 Å². The Morgan fingerprint density at radius 3 is 2.40 bits per heavy atom. The van der Waals surface area contributed by atoms with Crippen molar-refractivity contribution >= 4 is 0 Å². The fourth-order valence-corrected chi connectivity index (χ4v) is 2.65. The minimum atomic E-state index is 0.614. The van der Waals surface area contributed by atoms with Crippen LogP contribution >= 0.6 is 0 Å². The van der Waals surface area contributed by atoms with Crippen molar-refractivity contribution in [2.24, 2.45) is 5.41 Å². The molecule has 1 rings (SSSR count). The summed E-state index contributed by atoms with van der Waals surface area (Å²) in [5.74, 6) is 0. The lowest BCUT2D eigenvalue weighted by atomic mass is 9.76. The molecular weight excluding hydrogens is 182 g/mol. The standard InChI is InChI=1S/C14H29N/c1-3-4-5-9-12-15-13-14(2)10-7-6-8-11-14/h15H,3-13H2,1-2H3. The molecule has 1 nitrogen and oxygen atoms in total. The third-order valence-corrected chi connectivity index (χ3v) is 3.82. The highest BCUT2D eigenvalue weighted by Gasteiger charge is 2.25. The lowest BCUT2D eigenvalue weighted by Gasteiger charge is -2.33. The van der Waals surface area contributed by atoms with Crippen molar-refractivity contribution in [3.63, 3.8) is 0 Å². The fraction of sp³-hybridized carbons (Fsp3) is 1.00. The van der Waals surface area contributed by atoms with Gasteiger partial charge in [-0.2, -0.15) is 0 Å². The summed E-state index contributed by atoms with van der Waals surface area (Å²) in [4.78, 5) is 0. The SMILES string of the molecule is CCCCCCNCC1(C)CCCCC1. The van der Waals surface area contributed by atoms with Crippen LogP contribution < -0.4 is 5.32 Å². The Balaban J connectivity index is 1.98. The van der Waals surface area contributed by atoms with Gasteiger partial charge in [-0.1, -0.05) is 52.4 Å². The molecule has 15 heavy (non-hydrogen) atoms. The number of nitrogens with one attached hydrogen (secondary N) is 1. The first-order valence-corrected chi connectivity index (χ1v) is 6.97. The average molecular weight is 211 g/mol. The molecule has 1 heteroatoms. The smallest absolute Gasteiger partial charge is 0.000516 e. The molecule has 0 aromatic heterocycles. The number of rotatable bonds is 7. The van der Waals surface area contributed by atoms with Gasteiger partial charge in [-0.05, 0) is 31.2 Å². The maximum Gasteiger partial charge on any atom is 0.000516 e. The largest absolute Gasteiger partial charge is 0.316 e. The van der Waals surface area contributed by atoms with Gasteiger partial charge in [-0.3, -0.25) is 0 Å². The minimum Gasteiger partial charge on any atom is -0.316 e. The maximum absolute atomic E-state index is 3.65. The lowest BCUT2D eigenvalue weighted by Crippen LogP contribution is -2.34. The monoisotopic (exact) mass is 211 g/mol. The van der Waals surface area contributed by atoms with Crippen molar-refractivity contribution in [1.29, 1.82) is 0 Å².